The molecule has 2 heterocycles. The third kappa shape index (κ3) is 6.31. The van der Waals surface area contributed by atoms with Crippen molar-refractivity contribution >= 4 is 49.5 Å². The number of allylic oxidation sites excluding steroid dienone is 4. The zero-order valence-corrected chi connectivity index (χ0v) is 48.1. The van der Waals surface area contributed by atoms with Crippen molar-refractivity contribution in [1.29, 1.82) is 0 Å². The molecule has 2 heteroatoms. The first kappa shape index (κ1) is 48.0. The molecule has 396 valence electrons. The third-order valence-electron chi connectivity index (χ3n) is 20.8. The van der Waals surface area contributed by atoms with Crippen molar-refractivity contribution in [2.75, 3.05) is 0 Å². The first-order chi connectivity index (χ1) is 39.7. The summed E-state index contributed by atoms with van der Waals surface area (Å²) in [6.45, 7) is 19.7. The summed E-state index contributed by atoms with van der Waals surface area (Å²) in [5.41, 5.74) is 34.2. The van der Waals surface area contributed by atoms with Crippen LogP contribution < -0.4 is 0 Å². The van der Waals surface area contributed by atoms with Crippen LogP contribution in [0.3, 0.4) is 0 Å². The molecule has 82 heavy (non-hydrogen) atoms. The lowest BCUT2D eigenvalue weighted by molar-refractivity contribution is 0.598. The summed E-state index contributed by atoms with van der Waals surface area (Å²) in [5, 5.41) is 4.82. The Kier molecular flexibility index (Phi) is 9.65. The highest BCUT2D eigenvalue weighted by molar-refractivity contribution is 6.21. The SMILES string of the molecule is CC1(C)C2=C(CCC(C(Cc3ccc4c(c3)C(C)(C)c3cc(-c5ccc(-c6ccccc6)cc5)c5oc6ccccc6c5c3-4)c3ccc4c(c3)C(C)(C)c3c5c(c6c(oc7ccccc76)c3-4)-c3ccccc3C5(C)C)=C2)c2ccccc21. The number of benzene rings is 10. The molecule has 5 aliphatic carbocycles. The largest absolute Gasteiger partial charge is 0.455 e. The predicted molar refractivity (Wildman–Crippen MR) is 341 cm³/mol. The Morgan fingerprint density at radius 2 is 0.939 bits per heavy atom. The lowest BCUT2D eigenvalue weighted by Crippen LogP contribution is -2.24. The monoisotopic (exact) mass is 1060 g/mol. The fourth-order valence-electron chi connectivity index (χ4n) is 16.7. The minimum Gasteiger partial charge on any atom is -0.455 e. The van der Waals surface area contributed by atoms with Crippen molar-refractivity contribution in [1.82, 2.24) is 0 Å². The topological polar surface area (TPSA) is 26.3 Å². The fourth-order valence-corrected chi connectivity index (χ4v) is 16.7. The number of hydrogen-bond acceptors (Lipinski definition) is 2. The van der Waals surface area contributed by atoms with Gasteiger partial charge in [-0.15, -0.1) is 0 Å². The second-order valence-electron chi connectivity index (χ2n) is 26.5. The lowest BCUT2D eigenvalue weighted by Gasteiger charge is -2.32. The van der Waals surface area contributed by atoms with Crippen LogP contribution in [-0.4, -0.2) is 0 Å². The lowest BCUT2D eigenvalue weighted by atomic mass is 9.71. The van der Waals surface area contributed by atoms with Gasteiger partial charge >= 0.3 is 0 Å². The summed E-state index contributed by atoms with van der Waals surface area (Å²) in [4.78, 5) is 0. The van der Waals surface area contributed by atoms with Crippen LogP contribution in [0.4, 0.5) is 0 Å². The van der Waals surface area contributed by atoms with E-state index < -0.39 is 0 Å². The van der Waals surface area contributed by atoms with E-state index in [-0.39, 0.29) is 27.6 Å². The second kappa shape index (κ2) is 16.5. The first-order valence-electron chi connectivity index (χ1n) is 29.8. The average molecular weight is 1060 g/mol. The van der Waals surface area contributed by atoms with Crippen molar-refractivity contribution in [3.8, 4) is 55.6 Å². The van der Waals surface area contributed by atoms with E-state index in [2.05, 4.69) is 256 Å². The Balaban J connectivity index is 0.829. The van der Waals surface area contributed by atoms with Gasteiger partial charge in [-0.25, -0.2) is 0 Å². The second-order valence-corrected chi connectivity index (χ2v) is 26.5. The van der Waals surface area contributed by atoms with E-state index in [0.29, 0.717) is 0 Å². The van der Waals surface area contributed by atoms with Gasteiger partial charge in [-0.05, 0) is 149 Å². The summed E-state index contributed by atoms with van der Waals surface area (Å²) in [5.74, 6) is 0.149. The third-order valence-corrected chi connectivity index (χ3v) is 20.8. The average Bonchev–Trinajstić information content (AvgIpc) is 2.46. The van der Waals surface area contributed by atoms with Crippen LogP contribution in [-0.2, 0) is 28.1 Å². The molecule has 12 aromatic rings. The van der Waals surface area contributed by atoms with Gasteiger partial charge in [0.2, 0.25) is 0 Å². The maximum atomic E-state index is 7.14. The Labute approximate surface area is 480 Å². The van der Waals surface area contributed by atoms with Gasteiger partial charge in [-0.3, -0.25) is 0 Å². The molecule has 0 saturated carbocycles. The molecule has 10 aromatic carbocycles. The molecule has 0 fully saturated rings. The summed E-state index contributed by atoms with van der Waals surface area (Å²) in [6, 6.07) is 73.0. The Morgan fingerprint density at radius 1 is 0.390 bits per heavy atom. The van der Waals surface area contributed by atoms with Gasteiger partial charge in [0.15, 0.2) is 0 Å². The van der Waals surface area contributed by atoms with Crippen molar-refractivity contribution in [3.63, 3.8) is 0 Å². The van der Waals surface area contributed by atoms with Crippen molar-refractivity contribution in [2.45, 2.75) is 102 Å². The van der Waals surface area contributed by atoms with Gasteiger partial charge in [0.1, 0.15) is 22.3 Å². The smallest absolute Gasteiger partial charge is 0.144 e. The summed E-state index contributed by atoms with van der Waals surface area (Å²) >= 11 is 0. The Morgan fingerprint density at radius 3 is 1.68 bits per heavy atom. The molecular formula is C80H64O2. The van der Waals surface area contributed by atoms with E-state index in [9.17, 15) is 0 Å². The van der Waals surface area contributed by atoms with Crippen molar-refractivity contribution < 1.29 is 8.83 Å². The number of rotatable bonds is 6. The highest BCUT2D eigenvalue weighted by Crippen LogP contribution is 2.64. The van der Waals surface area contributed by atoms with E-state index in [1.165, 1.54) is 138 Å². The molecule has 2 aromatic heterocycles. The molecule has 17 rings (SSSR count). The molecule has 0 aliphatic heterocycles. The molecule has 0 radical (unpaired) electrons. The van der Waals surface area contributed by atoms with Crippen LogP contribution in [0.15, 0.2) is 220 Å². The quantitative estimate of drug-likeness (QED) is 0.166. The zero-order chi connectivity index (χ0) is 55.3. The van der Waals surface area contributed by atoms with E-state index in [1.54, 1.807) is 0 Å². The molecule has 0 N–H and O–H groups in total. The summed E-state index contributed by atoms with van der Waals surface area (Å²) in [6.07, 6.45) is 5.62. The number of para-hydroxylation sites is 2. The van der Waals surface area contributed by atoms with E-state index in [0.717, 1.165) is 52.7 Å². The van der Waals surface area contributed by atoms with E-state index >= 15 is 0 Å². The number of fused-ring (bicyclic) bond motifs is 21. The number of hydrogen-bond donors (Lipinski definition) is 0. The molecule has 0 spiro atoms. The van der Waals surface area contributed by atoms with E-state index in [1.807, 2.05) is 0 Å². The van der Waals surface area contributed by atoms with Crippen molar-refractivity contribution in [3.05, 3.63) is 267 Å². The van der Waals surface area contributed by atoms with Crippen LogP contribution >= 0.6 is 0 Å². The molecule has 1 atom stereocenters. The van der Waals surface area contributed by atoms with Crippen molar-refractivity contribution in [2.24, 2.45) is 0 Å². The Hall–Kier alpha value is -8.72. The van der Waals surface area contributed by atoms with Crippen LogP contribution in [0.25, 0.3) is 105 Å². The zero-order valence-electron chi connectivity index (χ0n) is 48.1. The molecular weight excluding hydrogens is 993 g/mol. The highest BCUT2D eigenvalue weighted by atomic mass is 16.3. The maximum absolute atomic E-state index is 7.14. The van der Waals surface area contributed by atoms with Gasteiger partial charge in [-0.1, -0.05) is 243 Å². The number of furan rings is 2. The van der Waals surface area contributed by atoms with Gasteiger partial charge in [-0.2, -0.15) is 0 Å². The van der Waals surface area contributed by atoms with Crippen LogP contribution in [0.2, 0.25) is 0 Å². The van der Waals surface area contributed by atoms with Crippen LogP contribution in [0.5, 0.6) is 0 Å². The van der Waals surface area contributed by atoms with Gasteiger partial charge in [0.05, 0.1) is 0 Å². The molecule has 5 aliphatic rings. The summed E-state index contributed by atoms with van der Waals surface area (Å²) in [7, 11) is 0. The van der Waals surface area contributed by atoms with Gasteiger partial charge in [0, 0.05) is 60.2 Å². The Bertz CT molecular complexity index is 4860. The minimum absolute atomic E-state index is 0.0822. The molecule has 2 nitrogen and oxygen atoms in total. The van der Waals surface area contributed by atoms with Crippen LogP contribution in [0, 0.1) is 0 Å². The molecule has 0 bridgehead atoms. The predicted octanol–water partition coefficient (Wildman–Crippen LogP) is 21.5. The maximum Gasteiger partial charge on any atom is 0.144 e. The van der Waals surface area contributed by atoms with Crippen LogP contribution in [0.1, 0.15) is 130 Å². The van der Waals surface area contributed by atoms with Gasteiger partial charge < -0.3 is 8.83 Å². The standard InChI is InChI=1S/C80H64O2/c1-77(2)60-26-16-12-22-51(60)52-38-35-49(42-63(52)77)58(50-36-39-55-64(43-50)80(7,8)74-72(55)76-71(57-25-15-19-29-67(57)82-76)69-53-23-13-17-27-61(53)79(5,6)73(69)74)40-45-30-37-54-62(41-45)78(3,4)65-44-59(48-33-31-47(32-34-48)46-20-10-9-11-21-46)75-70(68(54)65)56-24-14-18-28-66(56)81-75/h9-34,36-37,39,41-44,58H,35,38,40H2,1-8H3. The highest BCUT2D eigenvalue weighted by Gasteiger charge is 2.49. The first-order valence-corrected chi connectivity index (χ1v) is 29.8. The normalized spacial score (nSPS) is 17.3. The fraction of sp³-hybridized carbons (Fsp3) is 0.200. The molecule has 0 saturated heterocycles. The molecule has 1 unspecified atom stereocenters. The van der Waals surface area contributed by atoms with E-state index in [4.69, 9.17) is 8.83 Å². The summed E-state index contributed by atoms with van der Waals surface area (Å²) < 4.78 is 14.1. The minimum atomic E-state index is -0.303. The molecule has 0 amide bonds. The van der Waals surface area contributed by atoms with Gasteiger partial charge in [0.25, 0.3) is 0 Å².